The molecule has 0 unspecified atom stereocenters. The maximum absolute atomic E-state index is 12.0. The van der Waals surface area contributed by atoms with Crippen molar-refractivity contribution in [3.05, 3.63) is 35.8 Å². The van der Waals surface area contributed by atoms with E-state index >= 15 is 0 Å². The average molecular weight is 244 g/mol. The minimum Gasteiger partial charge on any atom is -0.406 e. The van der Waals surface area contributed by atoms with Gasteiger partial charge in [0.2, 0.25) is 0 Å². The summed E-state index contributed by atoms with van der Waals surface area (Å²) in [6.45, 7) is 0. The van der Waals surface area contributed by atoms with E-state index in [4.69, 9.17) is 0 Å². The molecule has 0 saturated heterocycles. The Bertz CT molecular complexity index is 467. The SMILES string of the molecule is FC(F)(F)Oc1cccc(-c2n[c]cs2)c1. The summed E-state index contributed by atoms with van der Waals surface area (Å²) in [6, 6.07) is 5.68. The maximum atomic E-state index is 12.0. The molecule has 83 valence electrons. The quantitative estimate of drug-likeness (QED) is 0.806. The van der Waals surface area contributed by atoms with Crippen molar-refractivity contribution in [2.24, 2.45) is 0 Å². The van der Waals surface area contributed by atoms with Gasteiger partial charge in [0.05, 0.1) is 0 Å². The van der Waals surface area contributed by atoms with Crippen LogP contribution in [0.25, 0.3) is 10.6 Å². The summed E-state index contributed by atoms with van der Waals surface area (Å²) in [5, 5.41) is 2.24. The Morgan fingerprint density at radius 2 is 2.12 bits per heavy atom. The standard InChI is InChI=1S/C10H5F3NOS/c11-10(12,13)15-8-3-1-2-7(6-8)9-14-4-5-16-9/h1-3,5-6H. The van der Waals surface area contributed by atoms with E-state index < -0.39 is 6.36 Å². The Balaban J connectivity index is 2.27. The molecule has 0 aliphatic carbocycles. The number of ether oxygens (including phenoxy) is 1. The van der Waals surface area contributed by atoms with E-state index in [2.05, 4.69) is 15.9 Å². The normalized spacial score (nSPS) is 11.4. The van der Waals surface area contributed by atoms with Crippen LogP contribution in [0.15, 0.2) is 29.6 Å². The van der Waals surface area contributed by atoms with Gasteiger partial charge in [-0.25, -0.2) is 4.98 Å². The summed E-state index contributed by atoms with van der Waals surface area (Å²) >= 11 is 1.30. The van der Waals surface area contributed by atoms with E-state index in [1.807, 2.05) is 0 Å². The summed E-state index contributed by atoms with van der Waals surface area (Å²) in [5.74, 6) is -0.250. The zero-order valence-electron chi connectivity index (χ0n) is 7.78. The molecule has 0 spiro atoms. The Hall–Kier alpha value is -1.56. The maximum Gasteiger partial charge on any atom is 0.573 e. The molecule has 2 aromatic rings. The fourth-order valence-electron chi connectivity index (χ4n) is 1.15. The third-order valence-electron chi connectivity index (χ3n) is 1.70. The third kappa shape index (κ3) is 2.73. The monoisotopic (exact) mass is 244 g/mol. The van der Waals surface area contributed by atoms with Crippen LogP contribution in [0.5, 0.6) is 5.75 Å². The molecular weight excluding hydrogens is 239 g/mol. The van der Waals surface area contributed by atoms with Gasteiger partial charge in [0.15, 0.2) is 0 Å². The van der Waals surface area contributed by atoms with Crippen molar-refractivity contribution in [3.8, 4) is 16.3 Å². The summed E-state index contributed by atoms with van der Waals surface area (Å²) in [6.07, 6.45) is -2.07. The summed E-state index contributed by atoms with van der Waals surface area (Å²) in [7, 11) is 0. The van der Waals surface area contributed by atoms with Crippen molar-refractivity contribution in [3.63, 3.8) is 0 Å². The molecule has 0 fully saturated rings. The minimum absolute atomic E-state index is 0.250. The Morgan fingerprint density at radius 3 is 2.75 bits per heavy atom. The molecule has 0 aliphatic heterocycles. The number of halogens is 3. The van der Waals surface area contributed by atoms with E-state index in [9.17, 15) is 13.2 Å². The van der Waals surface area contributed by atoms with Crippen LogP contribution in [-0.2, 0) is 0 Å². The predicted octanol–water partition coefficient (Wildman–Crippen LogP) is 3.51. The molecule has 1 radical (unpaired) electrons. The highest BCUT2D eigenvalue weighted by atomic mass is 32.1. The smallest absolute Gasteiger partial charge is 0.406 e. The second-order valence-corrected chi connectivity index (χ2v) is 3.72. The number of nitrogens with zero attached hydrogens (tertiary/aromatic N) is 1. The molecule has 6 heteroatoms. The van der Waals surface area contributed by atoms with E-state index in [-0.39, 0.29) is 5.75 Å². The lowest BCUT2D eigenvalue weighted by Gasteiger charge is -2.09. The molecule has 2 nitrogen and oxygen atoms in total. The third-order valence-corrected chi connectivity index (χ3v) is 2.48. The molecule has 1 heterocycles. The highest BCUT2D eigenvalue weighted by Crippen LogP contribution is 2.28. The van der Waals surface area contributed by atoms with E-state index in [0.717, 1.165) is 0 Å². The van der Waals surface area contributed by atoms with Gasteiger partial charge in [-0.15, -0.1) is 24.5 Å². The van der Waals surface area contributed by atoms with Gasteiger partial charge in [-0.3, -0.25) is 0 Å². The van der Waals surface area contributed by atoms with Crippen molar-refractivity contribution in [1.82, 2.24) is 4.98 Å². The Labute approximate surface area is 93.3 Å². The molecule has 1 aromatic carbocycles. The zero-order chi connectivity index (χ0) is 11.6. The first-order valence-corrected chi connectivity index (χ1v) is 5.10. The van der Waals surface area contributed by atoms with Gasteiger partial charge < -0.3 is 4.74 Å². The minimum atomic E-state index is -4.67. The van der Waals surface area contributed by atoms with Gasteiger partial charge in [0.1, 0.15) is 17.0 Å². The van der Waals surface area contributed by atoms with Gasteiger partial charge in [0, 0.05) is 10.9 Å². The van der Waals surface area contributed by atoms with Crippen LogP contribution in [0.4, 0.5) is 13.2 Å². The number of hydrogen-bond donors (Lipinski definition) is 0. The Kier molecular flexibility index (Phi) is 2.82. The van der Waals surface area contributed by atoms with Crippen LogP contribution in [0.2, 0.25) is 0 Å². The lowest BCUT2D eigenvalue weighted by atomic mass is 10.2. The topological polar surface area (TPSA) is 22.1 Å². The molecule has 16 heavy (non-hydrogen) atoms. The zero-order valence-corrected chi connectivity index (χ0v) is 8.60. The van der Waals surface area contributed by atoms with Crippen molar-refractivity contribution >= 4 is 11.3 Å². The van der Waals surface area contributed by atoms with Crippen LogP contribution in [-0.4, -0.2) is 11.3 Å². The van der Waals surface area contributed by atoms with E-state index in [1.165, 1.54) is 29.5 Å². The molecule has 0 bridgehead atoms. The largest absolute Gasteiger partial charge is 0.573 e. The number of rotatable bonds is 2. The highest BCUT2D eigenvalue weighted by molar-refractivity contribution is 7.13. The molecule has 2 rings (SSSR count). The molecule has 0 atom stereocenters. The molecular formula is C10H5F3NOS. The van der Waals surface area contributed by atoms with Crippen LogP contribution < -0.4 is 4.74 Å². The van der Waals surface area contributed by atoms with Crippen molar-refractivity contribution in [2.75, 3.05) is 0 Å². The second-order valence-electron chi connectivity index (χ2n) is 2.86. The molecule has 0 saturated carbocycles. The van der Waals surface area contributed by atoms with Crippen LogP contribution in [0, 0.1) is 6.20 Å². The first-order chi connectivity index (χ1) is 7.54. The second kappa shape index (κ2) is 4.13. The van der Waals surface area contributed by atoms with Gasteiger partial charge in [-0.05, 0) is 12.1 Å². The summed E-state index contributed by atoms with van der Waals surface area (Å²) in [4.78, 5) is 3.88. The first-order valence-electron chi connectivity index (χ1n) is 4.22. The highest BCUT2D eigenvalue weighted by Gasteiger charge is 2.31. The predicted molar refractivity (Wildman–Crippen MR) is 53.1 cm³/mol. The lowest BCUT2D eigenvalue weighted by molar-refractivity contribution is -0.274. The van der Waals surface area contributed by atoms with Crippen molar-refractivity contribution in [1.29, 1.82) is 0 Å². The number of alkyl halides is 3. The molecule has 1 aromatic heterocycles. The first kappa shape index (κ1) is 10.9. The molecule has 0 amide bonds. The number of thiazole rings is 1. The van der Waals surface area contributed by atoms with Crippen LogP contribution >= 0.6 is 11.3 Å². The fourth-order valence-corrected chi connectivity index (χ4v) is 1.74. The van der Waals surface area contributed by atoms with Gasteiger partial charge in [0.25, 0.3) is 0 Å². The van der Waals surface area contributed by atoms with Gasteiger partial charge in [-0.2, -0.15) is 0 Å². The van der Waals surface area contributed by atoms with E-state index in [0.29, 0.717) is 10.6 Å². The summed E-state index contributed by atoms with van der Waals surface area (Å²) < 4.78 is 39.7. The van der Waals surface area contributed by atoms with Gasteiger partial charge >= 0.3 is 6.36 Å². The summed E-state index contributed by atoms with van der Waals surface area (Å²) in [5.41, 5.74) is 0.577. The fraction of sp³-hybridized carbons (Fsp3) is 0.100. The number of aromatic nitrogens is 1. The Morgan fingerprint density at radius 1 is 1.31 bits per heavy atom. The van der Waals surface area contributed by atoms with E-state index in [1.54, 1.807) is 11.4 Å². The lowest BCUT2D eigenvalue weighted by Crippen LogP contribution is -2.17. The van der Waals surface area contributed by atoms with Crippen LogP contribution in [0.3, 0.4) is 0 Å². The van der Waals surface area contributed by atoms with Gasteiger partial charge in [-0.1, -0.05) is 12.1 Å². The average Bonchev–Trinajstić information content (AvgIpc) is 2.68. The number of benzene rings is 1. The van der Waals surface area contributed by atoms with Crippen molar-refractivity contribution in [2.45, 2.75) is 6.36 Å². The number of hydrogen-bond acceptors (Lipinski definition) is 3. The molecule has 0 aliphatic rings. The van der Waals surface area contributed by atoms with Crippen molar-refractivity contribution < 1.29 is 17.9 Å². The molecule has 0 N–H and O–H groups in total. The van der Waals surface area contributed by atoms with Crippen LogP contribution in [0.1, 0.15) is 0 Å².